The Kier molecular flexibility index (Phi) is 6.07. The molecule has 3 rings (SSSR count). The van der Waals surface area contributed by atoms with Crippen LogP contribution in [0.3, 0.4) is 0 Å². The minimum Gasteiger partial charge on any atom is -0.465 e. The van der Waals surface area contributed by atoms with Gasteiger partial charge in [-0.25, -0.2) is 9.59 Å². The second-order valence-electron chi connectivity index (χ2n) is 5.91. The van der Waals surface area contributed by atoms with Crippen LogP contribution in [0.15, 0.2) is 71.3 Å². The second kappa shape index (κ2) is 8.70. The lowest BCUT2D eigenvalue weighted by molar-refractivity contribution is -0.143. The summed E-state index contributed by atoms with van der Waals surface area (Å²) in [5.74, 6) is -1.78. The summed E-state index contributed by atoms with van der Waals surface area (Å²) in [6.07, 6.45) is 2.54. The van der Waals surface area contributed by atoms with Crippen molar-refractivity contribution in [1.82, 2.24) is 14.4 Å². The Morgan fingerprint density at radius 1 is 0.933 bits per heavy atom. The van der Waals surface area contributed by atoms with Gasteiger partial charge in [0.1, 0.15) is 11.3 Å². The molecule has 0 fully saturated rings. The minimum atomic E-state index is -4.02. The number of aromatic nitrogens is 3. The van der Waals surface area contributed by atoms with E-state index in [1.165, 1.54) is 24.4 Å². The molecule has 2 aromatic carbocycles. The molecule has 0 amide bonds. The molecule has 0 unspecified atom stereocenters. The predicted molar refractivity (Wildman–Crippen MR) is 106 cm³/mol. The number of rotatable bonds is 6. The lowest BCUT2D eigenvalue weighted by Gasteiger charge is -2.10. The Morgan fingerprint density at radius 3 is 2.17 bits per heavy atom. The van der Waals surface area contributed by atoms with Crippen molar-refractivity contribution in [2.45, 2.75) is 4.90 Å². The average Bonchev–Trinajstić information content (AvgIpc) is 3.28. The highest BCUT2D eigenvalue weighted by atomic mass is 32.2. The van der Waals surface area contributed by atoms with Gasteiger partial charge < -0.3 is 9.47 Å². The molecule has 0 saturated heterocycles. The van der Waals surface area contributed by atoms with Crippen LogP contribution >= 0.6 is 0 Å². The molecule has 0 aliphatic rings. The van der Waals surface area contributed by atoms with Gasteiger partial charge in [0.25, 0.3) is 10.0 Å². The molecule has 0 aliphatic heterocycles. The van der Waals surface area contributed by atoms with Gasteiger partial charge in [0.15, 0.2) is 0 Å². The van der Waals surface area contributed by atoms with Crippen LogP contribution in [-0.2, 0) is 29.1 Å². The fraction of sp³-hybridized carbons (Fsp3) is 0.100. The minimum absolute atomic E-state index is 0.0367. The topological polar surface area (TPSA) is 117 Å². The Labute approximate surface area is 172 Å². The van der Waals surface area contributed by atoms with Gasteiger partial charge in [-0.3, -0.25) is 0 Å². The summed E-state index contributed by atoms with van der Waals surface area (Å²) in [6, 6.07) is 14.3. The van der Waals surface area contributed by atoms with Crippen molar-refractivity contribution in [1.29, 1.82) is 0 Å². The molecule has 30 heavy (non-hydrogen) atoms. The van der Waals surface area contributed by atoms with Crippen molar-refractivity contribution in [2.75, 3.05) is 14.2 Å². The van der Waals surface area contributed by atoms with E-state index in [4.69, 9.17) is 0 Å². The van der Waals surface area contributed by atoms with Crippen molar-refractivity contribution < 1.29 is 27.5 Å². The summed E-state index contributed by atoms with van der Waals surface area (Å²) in [5, 5.41) is 7.48. The molecule has 1 aromatic heterocycles. The summed E-state index contributed by atoms with van der Waals surface area (Å²) >= 11 is 0. The molecule has 0 atom stereocenters. The number of carbonyl (C=O) groups excluding carboxylic acids is 2. The predicted octanol–water partition coefficient (Wildman–Crippen LogP) is 1.91. The molecular weight excluding hydrogens is 410 g/mol. The van der Waals surface area contributed by atoms with E-state index in [9.17, 15) is 18.0 Å². The molecule has 1 heterocycles. The van der Waals surface area contributed by atoms with Crippen LogP contribution in [0.1, 0.15) is 5.56 Å². The van der Waals surface area contributed by atoms with Gasteiger partial charge in [0.05, 0.1) is 25.3 Å². The number of benzene rings is 2. The zero-order valence-electron chi connectivity index (χ0n) is 16.1. The first kappa shape index (κ1) is 20.9. The molecule has 0 saturated carbocycles. The lowest BCUT2D eigenvalue weighted by Crippen LogP contribution is -2.17. The zero-order valence-corrected chi connectivity index (χ0v) is 16.9. The van der Waals surface area contributed by atoms with E-state index in [2.05, 4.69) is 19.8 Å². The third-order valence-corrected chi connectivity index (χ3v) is 5.73. The molecule has 0 N–H and O–H groups in total. The van der Waals surface area contributed by atoms with Crippen LogP contribution in [0.25, 0.3) is 17.3 Å². The summed E-state index contributed by atoms with van der Waals surface area (Å²) < 4.78 is 36.1. The Morgan fingerprint density at radius 2 is 1.53 bits per heavy atom. The van der Waals surface area contributed by atoms with Gasteiger partial charge in [0, 0.05) is 5.56 Å². The number of carbonyl (C=O) groups is 2. The van der Waals surface area contributed by atoms with Gasteiger partial charge in [0.2, 0.25) is 0 Å². The maximum absolute atomic E-state index is 13.0. The molecule has 154 valence electrons. The number of esters is 2. The standard InChI is InChI=1S/C20H17N3O6S/c1-28-19(24)17(20(25)29-2)12-14-8-6-7-11-16(14)18-13-21-22-23(18)30(26,27)15-9-4-3-5-10-15/h3-13H,1-2H3. The van der Waals surface area contributed by atoms with Crippen molar-refractivity contribution in [3.8, 4) is 11.3 Å². The molecule has 10 heteroatoms. The summed E-state index contributed by atoms with van der Waals surface area (Å²) in [6.45, 7) is 0. The molecule has 9 nitrogen and oxygen atoms in total. The summed E-state index contributed by atoms with van der Waals surface area (Å²) in [5.41, 5.74) is 0.555. The first-order valence-electron chi connectivity index (χ1n) is 8.59. The van der Waals surface area contributed by atoms with Crippen LogP contribution in [-0.4, -0.2) is 49.0 Å². The van der Waals surface area contributed by atoms with E-state index < -0.39 is 22.0 Å². The number of methoxy groups -OCH3 is 2. The normalized spacial score (nSPS) is 10.9. The zero-order chi connectivity index (χ0) is 21.7. The number of nitrogens with zero attached hydrogens (tertiary/aromatic N) is 3. The van der Waals surface area contributed by atoms with E-state index >= 15 is 0 Å². The van der Waals surface area contributed by atoms with E-state index in [1.807, 2.05) is 0 Å². The average molecular weight is 427 g/mol. The van der Waals surface area contributed by atoms with Gasteiger partial charge in [-0.2, -0.15) is 8.42 Å². The quantitative estimate of drug-likeness (QED) is 0.253. The maximum atomic E-state index is 13.0. The number of hydrogen-bond acceptors (Lipinski definition) is 8. The largest absolute Gasteiger partial charge is 0.465 e. The Hall–Kier alpha value is -3.79. The highest BCUT2D eigenvalue weighted by Crippen LogP contribution is 2.27. The third kappa shape index (κ3) is 3.98. The Bertz CT molecular complexity index is 1200. The maximum Gasteiger partial charge on any atom is 0.345 e. The van der Waals surface area contributed by atoms with Crippen LogP contribution in [0, 0.1) is 0 Å². The van der Waals surface area contributed by atoms with Crippen molar-refractivity contribution >= 4 is 28.0 Å². The molecule has 0 aliphatic carbocycles. The van der Waals surface area contributed by atoms with E-state index in [0.29, 0.717) is 11.1 Å². The van der Waals surface area contributed by atoms with Crippen LogP contribution < -0.4 is 0 Å². The van der Waals surface area contributed by atoms with Crippen molar-refractivity contribution in [3.63, 3.8) is 0 Å². The smallest absolute Gasteiger partial charge is 0.345 e. The number of hydrogen-bond donors (Lipinski definition) is 0. The van der Waals surface area contributed by atoms with E-state index in [-0.39, 0.29) is 16.2 Å². The number of ether oxygens (including phenoxy) is 2. The van der Waals surface area contributed by atoms with E-state index in [0.717, 1.165) is 18.3 Å². The molecule has 0 spiro atoms. The van der Waals surface area contributed by atoms with Crippen LogP contribution in [0.2, 0.25) is 0 Å². The molecular formula is C20H17N3O6S. The third-order valence-electron chi connectivity index (χ3n) is 4.13. The van der Waals surface area contributed by atoms with Gasteiger partial charge in [-0.05, 0) is 23.8 Å². The highest BCUT2D eigenvalue weighted by Gasteiger charge is 2.25. The van der Waals surface area contributed by atoms with Crippen molar-refractivity contribution in [3.05, 3.63) is 71.9 Å². The molecule has 3 aromatic rings. The highest BCUT2D eigenvalue weighted by molar-refractivity contribution is 7.90. The lowest BCUT2D eigenvalue weighted by atomic mass is 10.0. The summed E-state index contributed by atoms with van der Waals surface area (Å²) in [4.78, 5) is 24.1. The monoisotopic (exact) mass is 427 g/mol. The van der Waals surface area contributed by atoms with Crippen LogP contribution in [0.4, 0.5) is 0 Å². The Balaban J connectivity index is 2.18. The summed E-state index contributed by atoms with van der Waals surface area (Å²) in [7, 11) is -1.75. The van der Waals surface area contributed by atoms with E-state index in [1.54, 1.807) is 42.5 Å². The van der Waals surface area contributed by atoms with Crippen LogP contribution in [0.5, 0.6) is 0 Å². The fourth-order valence-electron chi connectivity index (χ4n) is 2.70. The fourth-order valence-corrected chi connectivity index (χ4v) is 3.94. The first-order valence-corrected chi connectivity index (χ1v) is 10.0. The van der Waals surface area contributed by atoms with Gasteiger partial charge in [-0.15, -0.1) is 9.19 Å². The van der Waals surface area contributed by atoms with Gasteiger partial charge in [-0.1, -0.05) is 47.7 Å². The second-order valence-corrected chi connectivity index (χ2v) is 7.68. The molecule has 0 radical (unpaired) electrons. The SMILES string of the molecule is COC(=O)C(=Cc1ccccc1-c1cnnn1S(=O)(=O)c1ccccc1)C(=O)OC. The van der Waals surface area contributed by atoms with Crippen molar-refractivity contribution in [2.24, 2.45) is 0 Å². The van der Waals surface area contributed by atoms with Gasteiger partial charge >= 0.3 is 11.9 Å². The first-order chi connectivity index (χ1) is 14.4. The molecule has 0 bridgehead atoms.